The van der Waals surface area contributed by atoms with Gasteiger partial charge in [-0.05, 0) is 43.3 Å². The predicted molar refractivity (Wildman–Crippen MR) is 114 cm³/mol. The van der Waals surface area contributed by atoms with E-state index < -0.39 is 16.7 Å². The average molecular weight is 418 g/mol. The second kappa shape index (κ2) is 9.31. The maximum Gasteiger partial charge on any atom is 0.271 e. The van der Waals surface area contributed by atoms with Gasteiger partial charge in [0, 0.05) is 23.3 Å². The van der Waals surface area contributed by atoms with Crippen molar-refractivity contribution in [3.63, 3.8) is 0 Å². The van der Waals surface area contributed by atoms with Crippen LogP contribution < -0.4 is 16.2 Å². The van der Waals surface area contributed by atoms with E-state index in [2.05, 4.69) is 16.2 Å². The summed E-state index contributed by atoms with van der Waals surface area (Å²) in [7, 11) is 0. The van der Waals surface area contributed by atoms with E-state index in [4.69, 9.17) is 0 Å². The number of rotatable bonds is 5. The number of benzene rings is 3. The number of nitro groups is 1. The maximum absolute atomic E-state index is 12.6. The van der Waals surface area contributed by atoms with E-state index in [1.807, 2.05) is 13.0 Å². The van der Waals surface area contributed by atoms with Crippen LogP contribution in [0, 0.1) is 17.0 Å². The van der Waals surface area contributed by atoms with E-state index in [0.717, 1.165) is 5.56 Å². The summed E-state index contributed by atoms with van der Waals surface area (Å²) in [5.74, 6) is -1.67. The third-order valence-corrected chi connectivity index (χ3v) is 4.33. The number of amides is 3. The van der Waals surface area contributed by atoms with Gasteiger partial charge in [0.15, 0.2) is 0 Å². The second-order valence-corrected chi connectivity index (χ2v) is 6.58. The predicted octanol–water partition coefficient (Wildman–Crippen LogP) is 3.23. The zero-order valence-corrected chi connectivity index (χ0v) is 16.4. The number of aryl methyl sites for hydroxylation is 1. The number of carbonyl (C=O) groups is 3. The molecule has 31 heavy (non-hydrogen) atoms. The second-order valence-electron chi connectivity index (χ2n) is 6.58. The van der Waals surface area contributed by atoms with E-state index in [0.29, 0.717) is 5.56 Å². The SMILES string of the molecule is Cc1cccc(C(=O)Nc2ccccc2C(=O)NNC(=O)c2ccc([N+](=O)[O-])cc2)c1. The highest BCUT2D eigenvalue weighted by Gasteiger charge is 2.16. The van der Waals surface area contributed by atoms with Gasteiger partial charge in [-0.1, -0.05) is 29.8 Å². The molecule has 0 saturated heterocycles. The third-order valence-electron chi connectivity index (χ3n) is 4.33. The van der Waals surface area contributed by atoms with E-state index in [1.54, 1.807) is 36.4 Å². The van der Waals surface area contributed by atoms with Gasteiger partial charge < -0.3 is 5.32 Å². The number of nitrogens with zero attached hydrogens (tertiary/aromatic N) is 1. The van der Waals surface area contributed by atoms with Crippen molar-refractivity contribution < 1.29 is 19.3 Å². The van der Waals surface area contributed by atoms with Gasteiger partial charge in [0.25, 0.3) is 23.4 Å². The van der Waals surface area contributed by atoms with Crippen LogP contribution in [-0.4, -0.2) is 22.6 Å². The first-order chi connectivity index (χ1) is 14.8. The molecular formula is C22H18N4O5. The van der Waals surface area contributed by atoms with E-state index in [9.17, 15) is 24.5 Å². The Labute approximate surface area is 177 Å². The Bertz CT molecular complexity index is 1160. The summed E-state index contributed by atoms with van der Waals surface area (Å²) in [6, 6.07) is 18.3. The van der Waals surface area contributed by atoms with Crippen LogP contribution in [0.15, 0.2) is 72.8 Å². The van der Waals surface area contributed by atoms with Gasteiger partial charge >= 0.3 is 0 Å². The zero-order valence-electron chi connectivity index (χ0n) is 16.4. The Morgan fingerprint density at radius 2 is 1.45 bits per heavy atom. The number of para-hydroxylation sites is 1. The van der Waals surface area contributed by atoms with Crippen molar-refractivity contribution in [1.82, 2.24) is 10.9 Å². The molecule has 0 aliphatic heterocycles. The number of hydrogen-bond acceptors (Lipinski definition) is 5. The minimum Gasteiger partial charge on any atom is -0.321 e. The van der Waals surface area contributed by atoms with E-state index in [-0.39, 0.29) is 28.4 Å². The molecule has 0 saturated carbocycles. The molecule has 3 N–H and O–H groups in total. The van der Waals surface area contributed by atoms with Gasteiger partial charge in [0.1, 0.15) is 0 Å². The van der Waals surface area contributed by atoms with Crippen molar-refractivity contribution >= 4 is 29.1 Å². The number of nitro benzene ring substituents is 1. The van der Waals surface area contributed by atoms with Crippen molar-refractivity contribution in [1.29, 1.82) is 0 Å². The minimum atomic E-state index is -0.649. The Morgan fingerprint density at radius 1 is 0.774 bits per heavy atom. The molecule has 3 rings (SSSR count). The van der Waals surface area contributed by atoms with Gasteiger partial charge in [0.2, 0.25) is 0 Å². The molecular weight excluding hydrogens is 400 g/mol. The molecule has 0 unspecified atom stereocenters. The summed E-state index contributed by atoms with van der Waals surface area (Å²) in [5, 5.41) is 13.4. The van der Waals surface area contributed by atoms with E-state index in [1.165, 1.54) is 30.3 Å². The van der Waals surface area contributed by atoms with Gasteiger partial charge in [-0.25, -0.2) is 0 Å². The summed E-state index contributed by atoms with van der Waals surface area (Å²) in [6.07, 6.45) is 0. The highest BCUT2D eigenvalue weighted by molar-refractivity contribution is 6.09. The molecule has 0 bridgehead atoms. The number of anilines is 1. The normalized spacial score (nSPS) is 10.1. The first-order valence-electron chi connectivity index (χ1n) is 9.17. The smallest absolute Gasteiger partial charge is 0.271 e. The molecule has 0 aliphatic carbocycles. The summed E-state index contributed by atoms with van der Waals surface area (Å²) >= 11 is 0. The van der Waals surface area contributed by atoms with Crippen LogP contribution >= 0.6 is 0 Å². The molecule has 0 heterocycles. The van der Waals surface area contributed by atoms with Crippen LogP contribution in [-0.2, 0) is 0 Å². The lowest BCUT2D eigenvalue weighted by Crippen LogP contribution is -2.41. The number of hydrogen-bond donors (Lipinski definition) is 3. The molecule has 0 atom stereocenters. The summed E-state index contributed by atoms with van der Waals surface area (Å²) in [4.78, 5) is 47.3. The third kappa shape index (κ3) is 5.30. The summed E-state index contributed by atoms with van der Waals surface area (Å²) in [5.41, 5.74) is 6.29. The van der Waals surface area contributed by atoms with Crippen LogP contribution in [0.3, 0.4) is 0 Å². The van der Waals surface area contributed by atoms with Crippen LogP contribution in [0.25, 0.3) is 0 Å². The fraction of sp³-hybridized carbons (Fsp3) is 0.0455. The van der Waals surface area contributed by atoms with Crippen molar-refractivity contribution in [2.24, 2.45) is 0 Å². The monoisotopic (exact) mass is 418 g/mol. The fourth-order valence-electron chi connectivity index (χ4n) is 2.76. The minimum absolute atomic E-state index is 0.131. The molecule has 0 aliphatic rings. The summed E-state index contributed by atoms with van der Waals surface area (Å²) in [6.45, 7) is 1.87. The molecule has 0 spiro atoms. The van der Waals surface area contributed by atoms with Crippen molar-refractivity contribution in [2.45, 2.75) is 6.92 Å². The number of nitrogens with one attached hydrogen (secondary N) is 3. The van der Waals surface area contributed by atoms with Crippen LogP contribution in [0.5, 0.6) is 0 Å². The van der Waals surface area contributed by atoms with Gasteiger partial charge in [-0.3, -0.25) is 35.3 Å². The van der Waals surface area contributed by atoms with Gasteiger partial charge in [-0.2, -0.15) is 0 Å². The van der Waals surface area contributed by atoms with Crippen LogP contribution in [0.4, 0.5) is 11.4 Å². The first kappa shape index (κ1) is 21.2. The summed E-state index contributed by atoms with van der Waals surface area (Å²) < 4.78 is 0. The lowest BCUT2D eigenvalue weighted by Gasteiger charge is -2.12. The quantitative estimate of drug-likeness (QED) is 0.433. The molecule has 9 heteroatoms. The molecule has 0 aromatic heterocycles. The topological polar surface area (TPSA) is 130 Å². The molecule has 9 nitrogen and oxygen atoms in total. The van der Waals surface area contributed by atoms with Crippen LogP contribution in [0.2, 0.25) is 0 Å². The van der Waals surface area contributed by atoms with Crippen molar-refractivity contribution in [3.8, 4) is 0 Å². The molecule has 0 fully saturated rings. The largest absolute Gasteiger partial charge is 0.321 e. The Balaban J connectivity index is 1.67. The van der Waals surface area contributed by atoms with Crippen molar-refractivity contribution in [3.05, 3.63) is 105 Å². The number of non-ortho nitro benzene ring substituents is 1. The lowest BCUT2D eigenvalue weighted by molar-refractivity contribution is -0.384. The van der Waals surface area contributed by atoms with Crippen molar-refractivity contribution in [2.75, 3.05) is 5.32 Å². The highest BCUT2D eigenvalue weighted by Crippen LogP contribution is 2.17. The fourth-order valence-corrected chi connectivity index (χ4v) is 2.76. The standard InChI is InChI=1S/C22H18N4O5/c1-14-5-4-6-16(13-14)20(27)23-19-8-3-2-7-18(19)22(29)25-24-21(28)15-9-11-17(12-10-15)26(30)31/h2-13H,1H3,(H,23,27)(H,24,28)(H,25,29). The molecule has 3 amide bonds. The Kier molecular flexibility index (Phi) is 6.36. The molecule has 156 valence electrons. The Hall–Kier alpha value is -4.53. The number of carbonyl (C=O) groups excluding carboxylic acids is 3. The van der Waals surface area contributed by atoms with Crippen LogP contribution in [0.1, 0.15) is 36.6 Å². The maximum atomic E-state index is 12.6. The average Bonchev–Trinajstić information content (AvgIpc) is 2.77. The molecule has 3 aromatic rings. The first-order valence-corrected chi connectivity index (χ1v) is 9.17. The molecule has 3 aromatic carbocycles. The van der Waals surface area contributed by atoms with Gasteiger partial charge in [0.05, 0.1) is 16.2 Å². The van der Waals surface area contributed by atoms with E-state index >= 15 is 0 Å². The number of hydrazine groups is 1. The lowest BCUT2D eigenvalue weighted by atomic mass is 10.1. The Morgan fingerprint density at radius 3 is 2.13 bits per heavy atom. The highest BCUT2D eigenvalue weighted by atomic mass is 16.6. The molecule has 0 radical (unpaired) electrons. The van der Waals surface area contributed by atoms with Gasteiger partial charge in [-0.15, -0.1) is 0 Å². The zero-order chi connectivity index (χ0) is 22.4.